The molecule has 0 aromatic heterocycles. The minimum absolute atomic E-state index is 0.0910. The van der Waals surface area contributed by atoms with E-state index in [1.54, 1.807) is 44.7 Å². The van der Waals surface area contributed by atoms with E-state index >= 15 is 0 Å². The van der Waals surface area contributed by atoms with Crippen molar-refractivity contribution in [2.45, 2.75) is 52.0 Å². The zero-order valence-electron chi connectivity index (χ0n) is 19.4. The van der Waals surface area contributed by atoms with Crippen molar-refractivity contribution in [3.8, 4) is 11.5 Å². The van der Waals surface area contributed by atoms with Gasteiger partial charge in [0.2, 0.25) is 0 Å². The minimum atomic E-state index is -0.295. The fraction of sp³-hybridized carbons (Fsp3) is 0.440. The van der Waals surface area contributed by atoms with Crippen molar-refractivity contribution < 1.29 is 14.3 Å². The van der Waals surface area contributed by atoms with Crippen LogP contribution >= 0.6 is 0 Å². The standard InChI is InChI=1S/C25H33N3O3/c1-7-11-28-22-14-23(31-6)19(13-21(22)17(2)15-25(28,3)4)16-26-27-24(29)18-9-8-10-20(12-18)30-5/h8-10,12-14,16-17H,7,11,15H2,1-6H3,(H,27,29)/b26-16-. The van der Waals surface area contributed by atoms with Gasteiger partial charge in [-0.2, -0.15) is 5.10 Å². The monoisotopic (exact) mass is 423 g/mol. The highest BCUT2D eigenvalue weighted by Gasteiger charge is 2.36. The average molecular weight is 424 g/mol. The lowest BCUT2D eigenvalue weighted by molar-refractivity contribution is 0.0954. The summed E-state index contributed by atoms with van der Waals surface area (Å²) in [6, 6.07) is 11.2. The number of carbonyl (C=O) groups is 1. The van der Waals surface area contributed by atoms with Gasteiger partial charge in [-0.25, -0.2) is 5.43 Å². The first kappa shape index (κ1) is 22.7. The summed E-state index contributed by atoms with van der Waals surface area (Å²) in [7, 11) is 3.23. The molecule has 2 aromatic rings. The molecule has 1 atom stereocenters. The van der Waals surface area contributed by atoms with E-state index in [9.17, 15) is 4.79 Å². The van der Waals surface area contributed by atoms with E-state index in [2.05, 4.69) is 55.3 Å². The molecule has 3 rings (SSSR count). The number of nitrogens with zero attached hydrogens (tertiary/aromatic N) is 2. The minimum Gasteiger partial charge on any atom is -0.497 e. The molecular weight excluding hydrogens is 390 g/mol. The molecule has 166 valence electrons. The quantitative estimate of drug-likeness (QED) is 0.504. The number of ether oxygens (including phenoxy) is 2. The van der Waals surface area contributed by atoms with Crippen molar-refractivity contribution in [3.05, 3.63) is 53.1 Å². The maximum atomic E-state index is 12.4. The van der Waals surface area contributed by atoms with Crippen molar-refractivity contribution in [2.24, 2.45) is 5.10 Å². The summed E-state index contributed by atoms with van der Waals surface area (Å²) in [5, 5.41) is 4.18. The van der Waals surface area contributed by atoms with Gasteiger partial charge in [0.15, 0.2) is 0 Å². The predicted molar refractivity (Wildman–Crippen MR) is 126 cm³/mol. The highest BCUT2D eigenvalue weighted by Crippen LogP contribution is 2.45. The number of hydrazone groups is 1. The SMILES string of the molecule is CCCN1c2cc(OC)c(/C=N\NC(=O)c3cccc(OC)c3)cc2C(C)CC1(C)C. The molecule has 1 aliphatic rings. The summed E-state index contributed by atoms with van der Waals surface area (Å²) >= 11 is 0. The average Bonchev–Trinajstić information content (AvgIpc) is 2.76. The molecule has 1 N–H and O–H groups in total. The maximum Gasteiger partial charge on any atom is 0.271 e. The van der Waals surface area contributed by atoms with Gasteiger partial charge in [0.1, 0.15) is 11.5 Å². The molecular formula is C25H33N3O3. The van der Waals surface area contributed by atoms with E-state index in [0.29, 0.717) is 17.2 Å². The molecule has 0 fully saturated rings. The number of anilines is 1. The van der Waals surface area contributed by atoms with Gasteiger partial charge < -0.3 is 14.4 Å². The van der Waals surface area contributed by atoms with E-state index in [1.165, 1.54) is 11.3 Å². The van der Waals surface area contributed by atoms with Gasteiger partial charge >= 0.3 is 0 Å². The largest absolute Gasteiger partial charge is 0.497 e. The topological polar surface area (TPSA) is 63.2 Å². The van der Waals surface area contributed by atoms with Gasteiger partial charge in [0, 0.05) is 35.0 Å². The number of hydrogen-bond acceptors (Lipinski definition) is 5. The number of nitrogens with one attached hydrogen (secondary N) is 1. The Bertz CT molecular complexity index is 968. The van der Waals surface area contributed by atoms with Crippen molar-refractivity contribution in [3.63, 3.8) is 0 Å². The Morgan fingerprint density at radius 1 is 1.26 bits per heavy atom. The van der Waals surface area contributed by atoms with Crippen LogP contribution < -0.4 is 19.8 Å². The molecule has 2 aromatic carbocycles. The zero-order chi connectivity index (χ0) is 22.6. The predicted octanol–water partition coefficient (Wildman–Crippen LogP) is 4.97. The molecule has 1 aliphatic heterocycles. The van der Waals surface area contributed by atoms with Gasteiger partial charge in [-0.15, -0.1) is 0 Å². The van der Waals surface area contributed by atoms with Crippen molar-refractivity contribution in [1.82, 2.24) is 5.43 Å². The van der Waals surface area contributed by atoms with Crippen LogP contribution in [0.4, 0.5) is 5.69 Å². The van der Waals surface area contributed by atoms with Gasteiger partial charge in [-0.05, 0) is 62.4 Å². The van der Waals surface area contributed by atoms with Crippen molar-refractivity contribution in [2.75, 3.05) is 25.7 Å². The molecule has 0 spiro atoms. The van der Waals surface area contributed by atoms with Gasteiger partial charge in [0.25, 0.3) is 5.91 Å². The van der Waals surface area contributed by atoms with Crippen LogP contribution in [0.3, 0.4) is 0 Å². The van der Waals surface area contributed by atoms with Gasteiger partial charge in [-0.1, -0.05) is 19.9 Å². The van der Waals surface area contributed by atoms with E-state index in [0.717, 1.165) is 30.7 Å². The van der Waals surface area contributed by atoms with Crippen LogP contribution in [0.15, 0.2) is 41.5 Å². The number of fused-ring (bicyclic) bond motifs is 1. The molecule has 1 unspecified atom stereocenters. The second-order valence-corrected chi connectivity index (χ2v) is 8.65. The molecule has 0 aliphatic carbocycles. The van der Waals surface area contributed by atoms with E-state index in [4.69, 9.17) is 9.47 Å². The first-order chi connectivity index (χ1) is 14.8. The molecule has 1 heterocycles. The maximum absolute atomic E-state index is 12.4. The third-order valence-corrected chi connectivity index (χ3v) is 5.89. The van der Waals surface area contributed by atoms with Crippen LogP contribution in [0, 0.1) is 0 Å². The summed E-state index contributed by atoms with van der Waals surface area (Å²) in [6.45, 7) is 10.1. The third-order valence-electron chi connectivity index (χ3n) is 5.89. The van der Waals surface area contributed by atoms with Gasteiger partial charge in [0.05, 0.1) is 20.4 Å². The highest BCUT2D eigenvalue weighted by atomic mass is 16.5. The summed E-state index contributed by atoms with van der Waals surface area (Å²) < 4.78 is 10.8. The van der Waals surface area contributed by atoms with Gasteiger partial charge in [-0.3, -0.25) is 4.79 Å². The summed E-state index contributed by atoms with van der Waals surface area (Å²) in [6.07, 6.45) is 3.81. The van der Waals surface area contributed by atoms with Crippen LogP contribution in [0.5, 0.6) is 11.5 Å². The number of methoxy groups -OCH3 is 2. The van der Waals surface area contributed by atoms with Crippen LogP contribution in [-0.2, 0) is 0 Å². The molecule has 0 bridgehead atoms. The first-order valence-electron chi connectivity index (χ1n) is 10.8. The number of carbonyl (C=O) groups excluding carboxylic acids is 1. The second kappa shape index (κ2) is 9.41. The normalized spacial score (nSPS) is 17.4. The van der Waals surface area contributed by atoms with Crippen LogP contribution in [-0.4, -0.2) is 38.4 Å². The molecule has 1 amide bonds. The summed E-state index contributed by atoms with van der Waals surface area (Å²) in [5.41, 5.74) is 6.52. The Morgan fingerprint density at radius 2 is 2.03 bits per heavy atom. The fourth-order valence-corrected chi connectivity index (χ4v) is 4.44. The first-order valence-corrected chi connectivity index (χ1v) is 10.8. The zero-order valence-corrected chi connectivity index (χ0v) is 19.4. The number of rotatable bonds is 7. The Kier molecular flexibility index (Phi) is 6.88. The Hall–Kier alpha value is -3.02. The number of benzene rings is 2. The van der Waals surface area contributed by atoms with Crippen LogP contribution in [0.25, 0.3) is 0 Å². The lowest BCUT2D eigenvalue weighted by Crippen LogP contribution is -2.48. The summed E-state index contributed by atoms with van der Waals surface area (Å²) in [5.74, 6) is 1.49. The fourth-order valence-electron chi connectivity index (χ4n) is 4.44. The molecule has 6 nitrogen and oxygen atoms in total. The van der Waals surface area contributed by atoms with E-state index in [1.807, 2.05) is 0 Å². The van der Waals surface area contributed by atoms with Crippen LogP contribution in [0.2, 0.25) is 0 Å². The molecule has 6 heteroatoms. The Labute approximate surface area is 185 Å². The highest BCUT2D eigenvalue weighted by molar-refractivity contribution is 5.95. The lowest BCUT2D eigenvalue weighted by Gasteiger charge is -2.47. The van der Waals surface area contributed by atoms with E-state index in [-0.39, 0.29) is 11.4 Å². The molecule has 0 radical (unpaired) electrons. The second-order valence-electron chi connectivity index (χ2n) is 8.65. The van der Waals surface area contributed by atoms with E-state index < -0.39 is 0 Å². The molecule has 0 saturated carbocycles. The number of hydrogen-bond donors (Lipinski definition) is 1. The van der Waals surface area contributed by atoms with Crippen LogP contribution in [0.1, 0.15) is 67.9 Å². The Morgan fingerprint density at radius 3 is 2.71 bits per heavy atom. The summed E-state index contributed by atoms with van der Waals surface area (Å²) in [4.78, 5) is 14.9. The van der Waals surface area contributed by atoms with Crippen molar-refractivity contribution >= 4 is 17.8 Å². The molecule has 31 heavy (non-hydrogen) atoms. The molecule has 0 saturated heterocycles. The smallest absolute Gasteiger partial charge is 0.271 e. The Balaban J connectivity index is 1.87. The third kappa shape index (κ3) is 4.84. The number of amides is 1. The van der Waals surface area contributed by atoms with Crippen molar-refractivity contribution in [1.29, 1.82) is 0 Å². The lowest BCUT2D eigenvalue weighted by atomic mass is 9.79.